The normalized spacial score (nSPS) is 15.9. The molecule has 1 aliphatic heterocycles. The molecule has 0 aromatic heterocycles. The monoisotopic (exact) mass is 404 g/mol. The highest BCUT2D eigenvalue weighted by Crippen LogP contribution is 2.32. The van der Waals surface area contributed by atoms with Crippen molar-refractivity contribution in [3.8, 4) is 0 Å². The van der Waals surface area contributed by atoms with Gasteiger partial charge in [-0.15, -0.1) is 0 Å². The lowest BCUT2D eigenvalue weighted by molar-refractivity contribution is -0.136. The molecule has 1 atom stereocenters. The predicted octanol–water partition coefficient (Wildman–Crippen LogP) is 3.33. The van der Waals surface area contributed by atoms with Crippen molar-refractivity contribution in [1.82, 2.24) is 10.6 Å². The molecule has 138 valence electrons. The van der Waals surface area contributed by atoms with Crippen LogP contribution in [0.15, 0.2) is 48.5 Å². The van der Waals surface area contributed by atoms with Gasteiger partial charge in [0.1, 0.15) is 5.92 Å². The lowest BCUT2D eigenvalue weighted by Crippen LogP contribution is -2.57. The Morgan fingerprint density at radius 2 is 1.33 bits per heavy atom. The van der Waals surface area contributed by atoms with Gasteiger partial charge in [-0.3, -0.25) is 25.0 Å². The number of hydrogen-bond donors (Lipinski definition) is 2. The highest BCUT2D eigenvalue weighted by Gasteiger charge is 2.41. The molecular formula is C19H14Cl2N2O4. The van der Waals surface area contributed by atoms with Gasteiger partial charge in [0.2, 0.25) is 11.8 Å². The second-order valence-corrected chi connectivity index (χ2v) is 6.95. The molecule has 3 rings (SSSR count). The highest BCUT2D eigenvalue weighted by molar-refractivity contribution is 6.31. The summed E-state index contributed by atoms with van der Waals surface area (Å²) in [6.07, 6.45) is -0.108. The van der Waals surface area contributed by atoms with Crippen LogP contribution in [0.25, 0.3) is 0 Å². The predicted molar refractivity (Wildman–Crippen MR) is 99.8 cm³/mol. The number of amides is 4. The fraction of sp³-hybridized carbons (Fsp3) is 0.158. The molecule has 0 unspecified atom stereocenters. The van der Waals surface area contributed by atoms with Gasteiger partial charge in [-0.2, -0.15) is 0 Å². The summed E-state index contributed by atoms with van der Waals surface area (Å²) in [5.41, 5.74) is 0.998. The molecule has 0 saturated carbocycles. The van der Waals surface area contributed by atoms with Crippen LogP contribution in [0.3, 0.4) is 0 Å². The van der Waals surface area contributed by atoms with E-state index < -0.39 is 29.7 Å². The second-order valence-electron chi connectivity index (χ2n) is 6.08. The topological polar surface area (TPSA) is 92.3 Å². The molecule has 1 fully saturated rings. The molecule has 0 aliphatic carbocycles. The standard InChI is InChI=1S/C19H14Cl2N2O4/c20-12-5-1-10(2-6-12)14(16-17(25)22-19(27)23-18(16)26)9-15(24)11-3-7-13(21)8-4-11/h1-8,14,16H,9H2,(H2,22,23,25,26,27)/t14-/m0/s1. The number of imide groups is 2. The SMILES string of the molecule is O=C1NC(=O)C([C@@H](CC(=O)c2ccc(Cl)cc2)c2ccc(Cl)cc2)C(=O)N1. The summed E-state index contributed by atoms with van der Waals surface area (Å²) in [7, 11) is 0. The Kier molecular flexibility index (Phi) is 5.58. The van der Waals surface area contributed by atoms with Crippen molar-refractivity contribution in [3.63, 3.8) is 0 Å². The minimum absolute atomic E-state index is 0.108. The van der Waals surface area contributed by atoms with Crippen molar-refractivity contribution in [2.75, 3.05) is 0 Å². The van der Waals surface area contributed by atoms with Gasteiger partial charge in [0.15, 0.2) is 5.78 Å². The maximum Gasteiger partial charge on any atom is 0.328 e. The van der Waals surface area contributed by atoms with E-state index >= 15 is 0 Å². The smallest absolute Gasteiger partial charge is 0.294 e. The fourth-order valence-electron chi connectivity index (χ4n) is 2.99. The molecule has 0 bridgehead atoms. The molecule has 4 amide bonds. The Labute approximate surface area is 164 Å². The number of halogens is 2. The van der Waals surface area contributed by atoms with Gasteiger partial charge < -0.3 is 0 Å². The molecule has 1 aliphatic rings. The van der Waals surface area contributed by atoms with Crippen molar-refractivity contribution in [2.45, 2.75) is 12.3 Å². The zero-order chi connectivity index (χ0) is 19.6. The van der Waals surface area contributed by atoms with Gasteiger partial charge in [0, 0.05) is 27.9 Å². The summed E-state index contributed by atoms with van der Waals surface area (Å²) >= 11 is 11.8. The van der Waals surface area contributed by atoms with E-state index in [-0.39, 0.29) is 12.2 Å². The Morgan fingerprint density at radius 1 is 0.852 bits per heavy atom. The van der Waals surface area contributed by atoms with Crippen LogP contribution in [-0.2, 0) is 9.59 Å². The first-order valence-electron chi connectivity index (χ1n) is 8.05. The molecule has 1 saturated heterocycles. The summed E-state index contributed by atoms with van der Waals surface area (Å²) < 4.78 is 0. The molecule has 27 heavy (non-hydrogen) atoms. The lowest BCUT2D eigenvalue weighted by Gasteiger charge is -2.28. The van der Waals surface area contributed by atoms with Crippen molar-refractivity contribution in [2.24, 2.45) is 5.92 Å². The number of hydrogen-bond acceptors (Lipinski definition) is 4. The molecule has 8 heteroatoms. The molecule has 2 aromatic rings. The van der Waals surface area contributed by atoms with Gasteiger partial charge in [-0.05, 0) is 42.0 Å². The van der Waals surface area contributed by atoms with Gasteiger partial charge >= 0.3 is 6.03 Å². The van der Waals surface area contributed by atoms with E-state index in [4.69, 9.17) is 23.2 Å². The Hall–Kier alpha value is -2.70. The van der Waals surface area contributed by atoms with Crippen LogP contribution < -0.4 is 10.6 Å². The number of Topliss-reactive ketones (excluding diaryl/α,β-unsaturated/α-hetero) is 1. The first-order valence-corrected chi connectivity index (χ1v) is 8.80. The number of benzene rings is 2. The van der Waals surface area contributed by atoms with Crippen LogP contribution in [0.5, 0.6) is 0 Å². The largest absolute Gasteiger partial charge is 0.328 e. The quantitative estimate of drug-likeness (QED) is 0.590. The number of carbonyl (C=O) groups excluding carboxylic acids is 4. The third-order valence-corrected chi connectivity index (χ3v) is 4.81. The van der Waals surface area contributed by atoms with Crippen LogP contribution in [0.4, 0.5) is 4.79 Å². The van der Waals surface area contributed by atoms with Crippen LogP contribution in [-0.4, -0.2) is 23.6 Å². The number of ketones is 1. The molecule has 2 N–H and O–H groups in total. The van der Waals surface area contributed by atoms with Gasteiger partial charge in [0.25, 0.3) is 0 Å². The zero-order valence-electron chi connectivity index (χ0n) is 13.9. The van der Waals surface area contributed by atoms with Crippen molar-refractivity contribution in [1.29, 1.82) is 0 Å². The fourth-order valence-corrected chi connectivity index (χ4v) is 3.24. The van der Waals surface area contributed by atoms with Crippen LogP contribution in [0.2, 0.25) is 10.0 Å². The Bertz CT molecular complexity index is 890. The zero-order valence-corrected chi connectivity index (χ0v) is 15.4. The molecule has 0 spiro atoms. The van der Waals surface area contributed by atoms with Crippen molar-refractivity contribution < 1.29 is 19.2 Å². The molecule has 0 radical (unpaired) electrons. The van der Waals surface area contributed by atoms with Gasteiger partial charge in [-0.25, -0.2) is 4.79 Å². The summed E-state index contributed by atoms with van der Waals surface area (Å²) in [5, 5.41) is 5.13. The number of nitrogens with one attached hydrogen (secondary N) is 2. The molecule has 2 aromatic carbocycles. The third-order valence-electron chi connectivity index (χ3n) is 4.31. The third kappa shape index (κ3) is 4.35. The van der Waals surface area contributed by atoms with Crippen molar-refractivity contribution >= 4 is 46.8 Å². The number of urea groups is 1. The Morgan fingerprint density at radius 3 is 1.85 bits per heavy atom. The molecule has 6 nitrogen and oxygen atoms in total. The van der Waals surface area contributed by atoms with E-state index in [1.165, 1.54) is 0 Å². The average Bonchev–Trinajstić information content (AvgIpc) is 2.61. The summed E-state index contributed by atoms with van der Waals surface area (Å²) in [6.45, 7) is 0. The maximum atomic E-state index is 12.7. The van der Waals surface area contributed by atoms with E-state index in [1.54, 1.807) is 48.5 Å². The molecular weight excluding hydrogens is 391 g/mol. The van der Waals surface area contributed by atoms with E-state index in [2.05, 4.69) is 10.6 Å². The van der Waals surface area contributed by atoms with Crippen LogP contribution in [0, 0.1) is 5.92 Å². The Balaban J connectivity index is 1.94. The van der Waals surface area contributed by atoms with E-state index in [0.29, 0.717) is 21.2 Å². The highest BCUT2D eigenvalue weighted by atomic mass is 35.5. The second kappa shape index (κ2) is 7.90. The van der Waals surface area contributed by atoms with E-state index in [1.807, 2.05) is 0 Å². The minimum Gasteiger partial charge on any atom is -0.294 e. The van der Waals surface area contributed by atoms with Crippen LogP contribution in [0.1, 0.15) is 28.3 Å². The van der Waals surface area contributed by atoms with E-state index in [0.717, 1.165) is 0 Å². The summed E-state index contributed by atoms with van der Waals surface area (Å²) in [5.74, 6) is -3.73. The minimum atomic E-state index is -1.22. The number of carbonyl (C=O) groups is 4. The average molecular weight is 405 g/mol. The van der Waals surface area contributed by atoms with Crippen molar-refractivity contribution in [3.05, 3.63) is 69.7 Å². The molecule has 1 heterocycles. The van der Waals surface area contributed by atoms with E-state index in [9.17, 15) is 19.2 Å². The van der Waals surface area contributed by atoms with Crippen LogP contribution >= 0.6 is 23.2 Å². The summed E-state index contributed by atoms with van der Waals surface area (Å²) in [6, 6.07) is 12.0. The number of barbiturate groups is 1. The summed E-state index contributed by atoms with van der Waals surface area (Å²) in [4.78, 5) is 48.7. The van der Waals surface area contributed by atoms with Gasteiger partial charge in [0.05, 0.1) is 0 Å². The van der Waals surface area contributed by atoms with Gasteiger partial charge in [-0.1, -0.05) is 35.3 Å². The lowest BCUT2D eigenvalue weighted by atomic mass is 9.79. The number of rotatable bonds is 5. The first-order chi connectivity index (χ1) is 12.8. The maximum absolute atomic E-state index is 12.7. The first kappa shape index (κ1) is 19.1.